The van der Waals surface area contributed by atoms with E-state index in [1.54, 1.807) is 12.4 Å². The molecule has 0 aliphatic heterocycles. The van der Waals surface area contributed by atoms with Crippen LogP contribution in [0.1, 0.15) is 47.2 Å². The van der Waals surface area contributed by atoms with Gasteiger partial charge in [-0.25, -0.2) is 19.9 Å². The standard InChI is InChI=1S/C78H47N7O2.2Pt/c1-77(60-26-9-3-20-50(60)51-21-4-10-27-61(51)77)64-44-58-59-45-65(78(2)62-28-11-5-22-52(62)53-23-6-12-29-63(53)78)73(87-49-35-37-57-55-25-8-14-31-67(55)84(69(57)43-49)75-33-16-18-39-80-75)47-71(59)85(76-81-40-19-41-82-76)70(58)46-72(64)86-48-34-36-56-54-24-7-13-30-66(54)83(68(56)42-48)74-32-15-17-38-79-74;;/h3-41,44-45H,1-2H3;;/q-4;2*+2. The summed E-state index contributed by atoms with van der Waals surface area (Å²) < 4.78 is 21.3. The fourth-order valence-electron chi connectivity index (χ4n) is 14.4. The predicted octanol–water partition coefficient (Wildman–Crippen LogP) is 18.0. The first-order valence-electron chi connectivity index (χ1n) is 29.2. The Kier molecular flexibility index (Phi) is 12.7. The second kappa shape index (κ2) is 20.8. The number of hydrogen-bond acceptors (Lipinski definition) is 6. The fraction of sp³-hybridized carbons (Fsp3) is 0.0513. The van der Waals surface area contributed by atoms with Crippen LogP contribution in [0.2, 0.25) is 0 Å². The van der Waals surface area contributed by atoms with Gasteiger partial charge in [-0.15, -0.1) is 58.3 Å². The first kappa shape index (κ1) is 54.4. The molecule has 6 heterocycles. The van der Waals surface area contributed by atoms with Gasteiger partial charge in [-0.05, 0) is 97.7 Å². The third-order valence-electron chi connectivity index (χ3n) is 18.3. The molecule has 0 radical (unpaired) electrons. The second-order valence-corrected chi connectivity index (χ2v) is 22.8. The van der Waals surface area contributed by atoms with Crippen LogP contribution in [-0.2, 0) is 53.0 Å². The maximum absolute atomic E-state index is 7.46. The van der Waals surface area contributed by atoms with E-state index in [0.29, 0.717) is 40.0 Å². The molecule has 0 saturated heterocycles. The molecule has 0 fully saturated rings. The summed E-state index contributed by atoms with van der Waals surface area (Å²) in [7, 11) is 0. The topological polar surface area (TPSA) is 84.8 Å². The summed E-state index contributed by atoms with van der Waals surface area (Å²) in [6, 6.07) is 94.0. The van der Waals surface area contributed by atoms with Crippen molar-refractivity contribution in [2.75, 3.05) is 0 Å². The van der Waals surface area contributed by atoms with Crippen molar-refractivity contribution in [2.45, 2.75) is 24.7 Å². The van der Waals surface area contributed by atoms with Crippen molar-refractivity contribution in [1.29, 1.82) is 0 Å². The van der Waals surface area contributed by atoms with Gasteiger partial charge < -0.3 is 23.2 Å². The quantitative estimate of drug-likeness (QED) is 0.134. The third kappa shape index (κ3) is 7.94. The molecule has 2 aliphatic carbocycles. The van der Waals surface area contributed by atoms with E-state index < -0.39 is 10.8 Å². The Morgan fingerprint density at radius 1 is 0.315 bits per heavy atom. The number of fused-ring (bicyclic) bond motifs is 15. The number of aromatic nitrogens is 7. The van der Waals surface area contributed by atoms with Crippen LogP contribution in [0.25, 0.3) is 105 Å². The van der Waals surface area contributed by atoms with Gasteiger partial charge in [-0.2, -0.15) is 35.0 Å². The first-order chi connectivity index (χ1) is 42.9. The van der Waals surface area contributed by atoms with Crippen LogP contribution < -0.4 is 9.47 Å². The molecule has 6 aromatic heterocycles. The molecular formula is C78H47N7O2Pt2. The van der Waals surface area contributed by atoms with Crippen molar-refractivity contribution in [2.24, 2.45) is 0 Å². The van der Waals surface area contributed by atoms with Crippen molar-refractivity contribution < 1.29 is 51.6 Å². The molecule has 0 atom stereocenters. The molecule has 11 heteroatoms. The second-order valence-electron chi connectivity index (χ2n) is 22.8. The van der Waals surface area contributed by atoms with Crippen molar-refractivity contribution in [1.82, 2.24) is 33.6 Å². The molecule has 0 N–H and O–H groups in total. The molecule has 0 bridgehead atoms. The Bertz CT molecular complexity index is 5110. The van der Waals surface area contributed by atoms with Gasteiger partial charge in [0.1, 0.15) is 11.6 Å². The zero-order chi connectivity index (χ0) is 57.5. The van der Waals surface area contributed by atoms with Crippen LogP contribution in [0, 0.1) is 24.3 Å². The van der Waals surface area contributed by atoms with Gasteiger partial charge in [0.15, 0.2) is 0 Å². The van der Waals surface area contributed by atoms with Gasteiger partial charge in [0.05, 0.1) is 0 Å². The summed E-state index contributed by atoms with van der Waals surface area (Å²) in [5, 5.41) is 6.09. The molecule has 16 aromatic rings. The summed E-state index contributed by atoms with van der Waals surface area (Å²) in [6.07, 6.45) is 7.19. The first-order valence-corrected chi connectivity index (χ1v) is 29.2. The van der Waals surface area contributed by atoms with E-state index in [1.165, 1.54) is 44.5 Å². The van der Waals surface area contributed by atoms with E-state index in [0.717, 1.165) is 77.1 Å². The van der Waals surface area contributed by atoms with Crippen LogP contribution in [0.4, 0.5) is 0 Å². The van der Waals surface area contributed by atoms with Crippen molar-refractivity contribution in [3.05, 3.63) is 307 Å². The predicted molar refractivity (Wildman–Crippen MR) is 344 cm³/mol. The van der Waals surface area contributed by atoms with Gasteiger partial charge in [0.25, 0.3) is 0 Å². The molecule has 0 unspecified atom stereocenters. The van der Waals surface area contributed by atoms with E-state index in [1.807, 2.05) is 71.6 Å². The minimum Gasteiger partial charge on any atom is -0.509 e. The van der Waals surface area contributed by atoms with E-state index in [2.05, 4.69) is 217 Å². The SMILES string of the molecule is CC1(c2cc3c4cc(C5(C)c6ccccc6-c6ccccc65)c(Oc5[c-]c6c(cc5)c5ccccc5n6-c5ccccn5)[c-]c4n(-c4ncccn4)c3[c-]c2Oc2[c-]c3c(cc2)c2ccccc2n3-c2ccccn2)c2ccccc2-c2ccccc21.[Pt+2].[Pt+2]. The van der Waals surface area contributed by atoms with E-state index >= 15 is 0 Å². The van der Waals surface area contributed by atoms with Crippen LogP contribution in [0.3, 0.4) is 0 Å². The van der Waals surface area contributed by atoms with E-state index in [-0.39, 0.29) is 42.1 Å². The van der Waals surface area contributed by atoms with Crippen molar-refractivity contribution >= 4 is 65.4 Å². The minimum absolute atomic E-state index is 0. The molecule has 2 aliphatic rings. The summed E-state index contributed by atoms with van der Waals surface area (Å²) in [5.74, 6) is 4.11. The molecular weight excluding hydrogens is 1460 g/mol. The number of benzene rings is 10. The number of ether oxygens (including phenoxy) is 2. The zero-order valence-corrected chi connectivity index (χ0v) is 52.3. The fourth-order valence-corrected chi connectivity index (χ4v) is 14.4. The monoisotopic (exact) mass is 1500 g/mol. The van der Waals surface area contributed by atoms with Crippen LogP contribution in [0.15, 0.2) is 249 Å². The largest absolute Gasteiger partial charge is 2.00 e. The van der Waals surface area contributed by atoms with Gasteiger partial charge in [0, 0.05) is 69.6 Å². The molecule has 9 nitrogen and oxygen atoms in total. The zero-order valence-electron chi connectivity index (χ0n) is 47.8. The summed E-state index contributed by atoms with van der Waals surface area (Å²) in [5.41, 5.74) is 14.9. The average Bonchev–Trinajstić information content (AvgIpc) is 1.62. The molecule has 18 rings (SSSR count). The Morgan fingerprint density at radius 2 is 0.674 bits per heavy atom. The summed E-state index contributed by atoms with van der Waals surface area (Å²) >= 11 is 0. The van der Waals surface area contributed by atoms with Crippen molar-refractivity contribution in [3.63, 3.8) is 0 Å². The Morgan fingerprint density at radius 3 is 1.08 bits per heavy atom. The Labute approximate surface area is 541 Å². The van der Waals surface area contributed by atoms with Crippen LogP contribution in [0.5, 0.6) is 23.0 Å². The van der Waals surface area contributed by atoms with E-state index in [9.17, 15) is 0 Å². The van der Waals surface area contributed by atoms with Crippen molar-refractivity contribution in [3.8, 4) is 62.8 Å². The minimum atomic E-state index is -0.727. The number of rotatable bonds is 9. The third-order valence-corrected chi connectivity index (χ3v) is 18.3. The Balaban J connectivity index is 0.00000318. The Hall–Kier alpha value is -10.0. The van der Waals surface area contributed by atoms with Crippen LogP contribution in [-0.4, -0.2) is 33.6 Å². The number of pyridine rings is 2. The number of nitrogens with zero attached hydrogens (tertiary/aromatic N) is 7. The average molecular weight is 1500 g/mol. The van der Waals surface area contributed by atoms with Gasteiger partial charge >= 0.3 is 42.1 Å². The maximum atomic E-state index is 7.46. The molecule has 0 spiro atoms. The van der Waals surface area contributed by atoms with Gasteiger partial charge in [-0.3, -0.25) is 0 Å². The molecule has 0 amide bonds. The maximum Gasteiger partial charge on any atom is 2.00 e. The van der Waals surface area contributed by atoms with Crippen LogP contribution >= 0.6 is 0 Å². The number of para-hydroxylation sites is 2. The van der Waals surface area contributed by atoms with E-state index in [4.69, 9.17) is 29.4 Å². The van der Waals surface area contributed by atoms with Gasteiger partial charge in [0.2, 0.25) is 5.95 Å². The molecule has 10 aromatic carbocycles. The normalized spacial score (nSPS) is 13.3. The number of hydrogen-bond donors (Lipinski definition) is 0. The molecule has 0 saturated carbocycles. The molecule has 89 heavy (non-hydrogen) atoms. The smallest absolute Gasteiger partial charge is 0.509 e. The summed E-state index contributed by atoms with van der Waals surface area (Å²) in [4.78, 5) is 19.6. The summed E-state index contributed by atoms with van der Waals surface area (Å²) in [6.45, 7) is 4.64. The molecule has 426 valence electrons. The van der Waals surface area contributed by atoms with Gasteiger partial charge in [-0.1, -0.05) is 182 Å².